The summed E-state index contributed by atoms with van der Waals surface area (Å²) in [4.78, 5) is 13.5. The van der Waals surface area contributed by atoms with Crippen LogP contribution in [-0.4, -0.2) is 20.1 Å². The molecule has 0 aliphatic rings. The van der Waals surface area contributed by atoms with Gasteiger partial charge < -0.3 is 9.64 Å². The first-order chi connectivity index (χ1) is 11.9. The van der Waals surface area contributed by atoms with Crippen molar-refractivity contribution in [3.63, 3.8) is 0 Å². The van der Waals surface area contributed by atoms with Crippen molar-refractivity contribution in [3.8, 4) is 11.8 Å². The Bertz CT molecular complexity index is 839. The number of anilines is 1. The maximum atomic E-state index is 11.5. The van der Waals surface area contributed by atoms with Crippen LogP contribution < -0.4 is 9.64 Å². The van der Waals surface area contributed by atoms with Gasteiger partial charge in [0.1, 0.15) is 5.75 Å². The van der Waals surface area contributed by atoms with E-state index in [1.807, 2.05) is 49.3 Å². The number of carbonyl (C=O) groups is 1. The summed E-state index contributed by atoms with van der Waals surface area (Å²) in [6.45, 7) is 5.14. The van der Waals surface area contributed by atoms with Crippen LogP contribution in [-0.2, 0) is 4.79 Å². The molecule has 126 valence electrons. The van der Waals surface area contributed by atoms with Gasteiger partial charge in [0.2, 0.25) is 0 Å². The summed E-state index contributed by atoms with van der Waals surface area (Å²) < 4.78 is 5.15. The molecule has 0 radical (unpaired) electrons. The Morgan fingerprint density at radius 1 is 1.12 bits per heavy atom. The zero-order chi connectivity index (χ0) is 18.4. The van der Waals surface area contributed by atoms with Gasteiger partial charge in [-0.2, -0.15) is 5.26 Å². The standard InChI is InChI=1S/C21H20N2O2/c1-15(2)21(24)25-20-11-7-17(8-12-20)18(14-22)13-16-5-9-19(10-6-16)23(3)4/h5-13H,1H2,2-4H3/b18-13+. The Morgan fingerprint density at radius 2 is 1.72 bits per heavy atom. The Labute approximate surface area is 148 Å². The molecular formula is C21H20N2O2. The number of hydrogen-bond acceptors (Lipinski definition) is 4. The van der Waals surface area contributed by atoms with Crippen molar-refractivity contribution in [3.05, 3.63) is 71.8 Å². The van der Waals surface area contributed by atoms with Crippen molar-refractivity contribution in [2.24, 2.45) is 0 Å². The SMILES string of the molecule is C=C(C)C(=O)Oc1ccc(/C(C#N)=C/c2ccc(N(C)C)cc2)cc1. The zero-order valence-corrected chi connectivity index (χ0v) is 14.6. The monoisotopic (exact) mass is 332 g/mol. The molecule has 2 rings (SSSR count). The van der Waals surface area contributed by atoms with Crippen LogP contribution in [0.3, 0.4) is 0 Å². The smallest absolute Gasteiger partial charge is 0.338 e. The van der Waals surface area contributed by atoms with Gasteiger partial charge in [0.25, 0.3) is 0 Å². The van der Waals surface area contributed by atoms with Crippen LogP contribution >= 0.6 is 0 Å². The van der Waals surface area contributed by atoms with Gasteiger partial charge in [-0.1, -0.05) is 18.7 Å². The molecule has 4 nitrogen and oxygen atoms in total. The molecule has 0 saturated heterocycles. The number of nitrogens with zero attached hydrogens (tertiary/aromatic N) is 2. The number of hydrogen-bond donors (Lipinski definition) is 0. The van der Waals surface area contributed by atoms with Crippen molar-refractivity contribution in [1.29, 1.82) is 5.26 Å². The lowest BCUT2D eigenvalue weighted by Crippen LogP contribution is -2.08. The highest BCUT2D eigenvalue weighted by molar-refractivity contribution is 5.90. The molecule has 0 fully saturated rings. The second kappa shape index (κ2) is 7.98. The number of rotatable bonds is 5. The van der Waals surface area contributed by atoms with Crippen molar-refractivity contribution >= 4 is 23.3 Å². The fraction of sp³-hybridized carbons (Fsp3) is 0.143. The molecule has 0 aliphatic heterocycles. The highest BCUT2D eigenvalue weighted by Gasteiger charge is 2.07. The van der Waals surface area contributed by atoms with Crippen LogP contribution in [0.4, 0.5) is 5.69 Å². The summed E-state index contributed by atoms with van der Waals surface area (Å²) >= 11 is 0. The Morgan fingerprint density at radius 3 is 2.20 bits per heavy atom. The van der Waals surface area contributed by atoms with Gasteiger partial charge >= 0.3 is 5.97 Å². The average Bonchev–Trinajstić information content (AvgIpc) is 2.60. The number of benzene rings is 2. The minimum atomic E-state index is -0.468. The Kier molecular flexibility index (Phi) is 5.75. The molecule has 0 spiro atoms. The summed E-state index contributed by atoms with van der Waals surface area (Å²) in [6, 6.07) is 17.0. The van der Waals surface area contributed by atoms with Crippen molar-refractivity contribution in [2.75, 3.05) is 19.0 Å². The summed E-state index contributed by atoms with van der Waals surface area (Å²) in [5, 5.41) is 9.45. The molecule has 2 aromatic carbocycles. The van der Waals surface area contributed by atoms with E-state index in [0.717, 1.165) is 16.8 Å². The van der Waals surface area contributed by atoms with Crippen LogP contribution in [0.15, 0.2) is 60.7 Å². The predicted octanol–water partition coefficient (Wildman–Crippen LogP) is 4.30. The van der Waals surface area contributed by atoms with Gasteiger partial charge in [0, 0.05) is 25.4 Å². The van der Waals surface area contributed by atoms with E-state index in [0.29, 0.717) is 16.9 Å². The molecule has 0 atom stereocenters. The molecule has 0 heterocycles. The van der Waals surface area contributed by atoms with Crippen LogP contribution in [0, 0.1) is 11.3 Å². The first-order valence-corrected chi connectivity index (χ1v) is 7.78. The minimum absolute atomic E-state index is 0.336. The largest absolute Gasteiger partial charge is 0.423 e. The van der Waals surface area contributed by atoms with Crippen molar-refractivity contribution in [2.45, 2.75) is 6.92 Å². The molecule has 0 N–H and O–H groups in total. The Balaban J connectivity index is 2.21. The van der Waals surface area contributed by atoms with Crippen LogP contribution in [0.25, 0.3) is 11.6 Å². The molecule has 0 unspecified atom stereocenters. The van der Waals surface area contributed by atoms with E-state index in [4.69, 9.17) is 4.74 Å². The van der Waals surface area contributed by atoms with E-state index in [2.05, 4.69) is 12.6 Å². The molecule has 0 saturated carbocycles. The Hall–Kier alpha value is -3.32. The first-order valence-electron chi connectivity index (χ1n) is 7.78. The molecule has 0 aliphatic carbocycles. The quantitative estimate of drug-likeness (QED) is 0.269. The number of nitriles is 1. The number of carbonyl (C=O) groups excluding carboxylic acids is 1. The molecular weight excluding hydrogens is 312 g/mol. The second-order valence-electron chi connectivity index (χ2n) is 5.85. The number of esters is 1. The topological polar surface area (TPSA) is 53.3 Å². The van der Waals surface area contributed by atoms with E-state index in [1.54, 1.807) is 31.2 Å². The van der Waals surface area contributed by atoms with Crippen LogP contribution in [0.2, 0.25) is 0 Å². The average molecular weight is 332 g/mol. The van der Waals surface area contributed by atoms with Gasteiger partial charge in [0.15, 0.2) is 0 Å². The number of ether oxygens (including phenoxy) is 1. The highest BCUT2D eigenvalue weighted by Crippen LogP contribution is 2.22. The first kappa shape index (κ1) is 18.0. The molecule has 2 aromatic rings. The summed E-state index contributed by atoms with van der Waals surface area (Å²) in [6.07, 6.45) is 1.83. The van der Waals surface area contributed by atoms with Crippen LogP contribution in [0.1, 0.15) is 18.1 Å². The second-order valence-corrected chi connectivity index (χ2v) is 5.85. The van der Waals surface area contributed by atoms with Gasteiger partial charge in [0.05, 0.1) is 11.6 Å². The molecule has 0 amide bonds. The fourth-order valence-corrected chi connectivity index (χ4v) is 2.11. The highest BCUT2D eigenvalue weighted by atomic mass is 16.5. The van der Waals surface area contributed by atoms with E-state index in [9.17, 15) is 10.1 Å². The predicted molar refractivity (Wildman–Crippen MR) is 101 cm³/mol. The normalized spacial score (nSPS) is 10.7. The lowest BCUT2D eigenvalue weighted by Gasteiger charge is -2.12. The minimum Gasteiger partial charge on any atom is -0.423 e. The molecule has 0 bridgehead atoms. The molecule has 0 aromatic heterocycles. The van der Waals surface area contributed by atoms with Crippen LogP contribution in [0.5, 0.6) is 5.75 Å². The fourth-order valence-electron chi connectivity index (χ4n) is 2.11. The zero-order valence-electron chi connectivity index (χ0n) is 14.6. The third-order valence-electron chi connectivity index (χ3n) is 3.57. The maximum absolute atomic E-state index is 11.5. The third kappa shape index (κ3) is 4.82. The summed E-state index contributed by atoms with van der Waals surface area (Å²) in [5.41, 5.74) is 3.67. The maximum Gasteiger partial charge on any atom is 0.338 e. The van der Waals surface area contributed by atoms with Gasteiger partial charge in [-0.25, -0.2) is 4.79 Å². The lowest BCUT2D eigenvalue weighted by atomic mass is 10.0. The summed E-state index contributed by atoms with van der Waals surface area (Å²) in [5.74, 6) is -0.0471. The van der Waals surface area contributed by atoms with Crippen molar-refractivity contribution < 1.29 is 9.53 Å². The van der Waals surface area contributed by atoms with Gasteiger partial charge in [-0.05, 0) is 60.5 Å². The lowest BCUT2D eigenvalue weighted by molar-refractivity contribution is -0.130. The van der Waals surface area contributed by atoms with E-state index >= 15 is 0 Å². The van der Waals surface area contributed by atoms with Gasteiger partial charge in [-0.15, -0.1) is 0 Å². The van der Waals surface area contributed by atoms with E-state index in [-0.39, 0.29) is 0 Å². The molecule has 4 heteroatoms. The number of allylic oxidation sites excluding steroid dienone is 1. The van der Waals surface area contributed by atoms with E-state index in [1.165, 1.54) is 0 Å². The third-order valence-corrected chi connectivity index (χ3v) is 3.57. The van der Waals surface area contributed by atoms with Crippen molar-refractivity contribution in [1.82, 2.24) is 0 Å². The molecule has 25 heavy (non-hydrogen) atoms. The van der Waals surface area contributed by atoms with Gasteiger partial charge in [-0.3, -0.25) is 0 Å². The summed E-state index contributed by atoms with van der Waals surface area (Å²) in [7, 11) is 3.96. The van der Waals surface area contributed by atoms with E-state index < -0.39 is 5.97 Å².